The van der Waals surface area contributed by atoms with Crippen molar-refractivity contribution in [3.63, 3.8) is 0 Å². The predicted molar refractivity (Wildman–Crippen MR) is 68.6 cm³/mol. The number of nitrogens with one attached hydrogen (secondary N) is 1. The summed E-state index contributed by atoms with van der Waals surface area (Å²) in [6, 6.07) is 5.97. The lowest BCUT2D eigenvalue weighted by Gasteiger charge is -2.09. The number of ketones is 2. The molecule has 1 N–H and O–H groups in total. The van der Waals surface area contributed by atoms with Crippen molar-refractivity contribution < 1.29 is 14.4 Å². The highest BCUT2D eigenvalue weighted by atomic mass is 35.5. The first-order valence-corrected chi connectivity index (χ1v) is 6.59. The van der Waals surface area contributed by atoms with Gasteiger partial charge in [-0.05, 0) is 30.5 Å². The second kappa shape index (κ2) is 4.46. The molecule has 1 heterocycles. The van der Waals surface area contributed by atoms with Crippen LogP contribution < -0.4 is 5.32 Å². The van der Waals surface area contributed by atoms with Crippen LogP contribution in [0, 0.1) is 11.8 Å². The van der Waals surface area contributed by atoms with E-state index in [1.807, 2.05) is 0 Å². The molecule has 19 heavy (non-hydrogen) atoms. The molecule has 1 aromatic carbocycles. The van der Waals surface area contributed by atoms with E-state index < -0.39 is 17.9 Å². The van der Waals surface area contributed by atoms with Crippen molar-refractivity contribution in [2.45, 2.75) is 18.9 Å². The van der Waals surface area contributed by atoms with E-state index >= 15 is 0 Å². The molecule has 1 saturated heterocycles. The number of halogens is 1. The van der Waals surface area contributed by atoms with Gasteiger partial charge in [0.05, 0.1) is 0 Å². The van der Waals surface area contributed by atoms with Crippen LogP contribution in [0.5, 0.6) is 0 Å². The van der Waals surface area contributed by atoms with Gasteiger partial charge >= 0.3 is 0 Å². The minimum absolute atomic E-state index is 0.0938. The fraction of sp³-hybridized carbons (Fsp3) is 0.357. The van der Waals surface area contributed by atoms with E-state index in [0.29, 0.717) is 10.6 Å². The Balaban J connectivity index is 1.85. The zero-order chi connectivity index (χ0) is 13.6. The minimum Gasteiger partial charge on any atom is -0.341 e. The molecular formula is C14H12ClNO3. The highest BCUT2D eigenvalue weighted by molar-refractivity contribution is 6.30. The van der Waals surface area contributed by atoms with Gasteiger partial charge in [-0.3, -0.25) is 14.4 Å². The first-order chi connectivity index (χ1) is 9.08. The van der Waals surface area contributed by atoms with E-state index in [9.17, 15) is 14.4 Å². The number of rotatable bonds is 3. The van der Waals surface area contributed by atoms with Crippen molar-refractivity contribution in [3.05, 3.63) is 34.9 Å². The molecule has 2 unspecified atom stereocenters. The van der Waals surface area contributed by atoms with Crippen molar-refractivity contribution in [3.8, 4) is 0 Å². The molecule has 1 saturated carbocycles. The van der Waals surface area contributed by atoms with Gasteiger partial charge in [-0.25, -0.2) is 0 Å². The maximum atomic E-state index is 12.2. The fourth-order valence-electron chi connectivity index (χ4n) is 2.37. The Hall–Kier alpha value is -1.68. The number of Topliss-reactive ketones (excluding diaryl/α,β-unsaturated/α-hetero) is 2. The molecule has 1 aromatic rings. The number of carbonyl (C=O) groups excluding carboxylic acids is 3. The summed E-state index contributed by atoms with van der Waals surface area (Å²) in [6.45, 7) is 0. The Labute approximate surface area is 115 Å². The monoisotopic (exact) mass is 277 g/mol. The van der Waals surface area contributed by atoms with Crippen LogP contribution in [0.3, 0.4) is 0 Å². The third-order valence-electron chi connectivity index (χ3n) is 3.59. The van der Waals surface area contributed by atoms with Crippen LogP contribution in [0.25, 0.3) is 0 Å². The van der Waals surface area contributed by atoms with Gasteiger partial charge in [0.15, 0.2) is 17.5 Å². The van der Waals surface area contributed by atoms with Crippen molar-refractivity contribution in [1.29, 1.82) is 0 Å². The molecule has 0 bridgehead atoms. The number of benzene rings is 1. The zero-order valence-electron chi connectivity index (χ0n) is 10.1. The van der Waals surface area contributed by atoms with Crippen molar-refractivity contribution in [1.82, 2.24) is 5.32 Å². The van der Waals surface area contributed by atoms with E-state index in [2.05, 4.69) is 5.32 Å². The number of hydrogen-bond acceptors (Lipinski definition) is 3. The van der Waals surface area contributed by atoms with E-state index in [1.165, 1.54) is 0 Å². The van der Waals surface area contributed by atoms with Gasteiger partial charge in [0.2, 0.25) is 5.91 Å². The summed E-state index contributed by atoms with van der Waals surface area (Å²) < 4.78 is 0. The van der Waals surface area contributed by atoms with Crippen molar-refractivity contribution in [2.75, 3.05) is 0 Å². The molecule has 0 radical (unpaired) electrons. The average Bonchev–Trinajstić information content (AvgIpc) is 3.17. The van der Waals surface area contributed by atoms with Gasteiger partial charge in [-0.15, -0.1) is 0 Å². The van der Waals surface area contributed by atoms with Gasteiger partial charge in [-0.1, -0.05) is 23.7 Å². The second-order valence-electron chi connectivity index (χ2n) is 5.01. The first kappa shape index (κ1) is 12.4. The molecule has 1 aliphatic heterocycles. The van der Waals surface area contributed by atoms with Crippen LogP contribution >= 0.6 is 11.6 Å². The Morgan fingerprint density at radius 2 is 1.79 bits per heavy atom. The molecule has 2 aliphatic rings. The summed E-state index contributed by atoms with van der Waals surface area (Å²) in [7, 11) is 0. The maximum absolute atomic E-state index is 12.2. The molecule has 0 spiro atoms. The lowest BCUT2D eigenvalue weighted by atomic mass is 9.93. The third-order valence-corrected chi connectivity index (χ3v) is 3.84. The van der Waals surface area contributed by atoms with Gasteiger partial charge < -0.3 is 5.32 Å². The third kappa shape index (κ3) is 2.16. The quantitative estimate of drug-likeness (QED) is 0.855. The summed E-state index contributed by atoms with van der Waals surface area (Å²) in [5.41, 5.74) is 0.661. The number of amides is 1. The Morgan fingerprint density at radius 3 is 2.37 bits per heavy atom. The smallest absolute Gasteiger partial charge is 0.239 e. The Morgan fingerprint density at radius 1 is 1.16 bits per heavy atom. The molecule has 2 fully saturated rings. The molecule has 98 valence electrons. The molecule has 0 aromatic heterocycles. The van der Waals surface area contributed by atoms with Crippen LogP contribution in [0.15, 0.2) is 24.3 Å². The first-order valence-electron chi connectivity index (χ1n) is 6.21. The van der Waals surface area contributed by atoms with Gasteiger partial charge in [-0.2, -0.15) is 0 Å². The predicted octanol–water partition coefficient (Wildman–Crippen LogP) is 1.68. The normalized spacial score (nSPS) is 26.4. The summed E-state index contributed by atoms with van der Waals surface area (Å²) >= 11 is 5.79. The van der Waals surface area contributed by atoms with Gasteiger partial charge in [0, 0.05) is 10.9 Å². The molecule has 5 heteroatoms. The van der Waals surface area contributed by atoms with E-state index in [1.54, 1.807) is 24.3 Å². The van der Waals surface area contributed by atoms with Crippen LogP contribution in [-0.2, 0) is 14.4 Å². The summed E-state index contributed by atoms with van der Waals surface area (Å²) in [6.07, 6.45) is 1.59. The summed E-state index contributed by atoms with van der Waals surface area (Å²) in [5.74, 6) is -2.25. The Kier molecular flexibility index (Phi) is 2.90. The lowest BCUT2D eigenvalue weighted by Crippen LogP contribution is -2.28. The zero-order valence-corrected chi connectivity index (χ0v) is 10.8. The SMILES string of the molecule is O=C1NC(c2ccc(Cl)cc2)C(=O)C1C(=O)C1CC1. The highest BCUT2D eigenvalue weighted by Crippen LogP contribution is 2.36. The van der Waals surface area contributed by atoms with E-state index in [-0.39, 0.29) is 17.5 Å². The van der Waals surface area contributed by atoms with Gasteiger partial charge in [0.1, 0.15) is 6.04 Å². The van der Waals surface area contributed by atoms with E-state index in [4.69, 9.17) is 11.6 Å². The van der Waals surface area contributed by atoms with Crippen LogP contribution in [-0.4, -0.2) is 17.5 Å². The molecule has 1 aliphatic carbocycles. The summed E-state index contributed by atoms with van der Waals surface area (Å²) in [4.78, 5) is 36.0. The van der Waals surface area contributed by atoms with Crippen LogP contribution in [0.4, 0.5) is 0 Å². The molecular weight excluding hydrogens is 266 g/mol. The summed E-state index contributed by atoms with van der Waals surface area (Å²) in [5, 5.41) is 3.16. The Bertz CT molecular complexity index is 563. The average molecular weight is 278 g/mol. The topological polar surface area (TPSA) is 63.2 Å². The van der Waals surface area contributed by atoms with Crippen LogP contribution in [0.1, 0.15) is 24.4 Å². The number of carbonyl (C=O) groups is 3. The lowest BCUT2D eigenvalue weighted by molar-refractivity contribution is -0.137. The van der Waals surface area contributed by atoms with Crippen LogP contribution in [0.2, 0.25) is 5.02 Å². The highest BCUT2D eigenvalue weighted by Gasteiger charge is 2.49. The van der Waals surface area contributed by atoms with Gasteiger partial charge in [0.25, 0.3) is 0 Å². The molecule has 4 nitrogen and oxygen atoms in total. The maximum Gasteiger partial charge on any atom is 0.239 e. The largest absolute Gasteiger partial charge is 0.341 e. The van der Waals surface area contributed by atoms with Crippen molar-refractivity contribution in [2.24, 2.45) is 11.8 Å². The number of hydrogen-bond donors (Lipinski definition) is 1. The van der Waals surface area contributed by atoms with Crippen molar-refractivity contribution >= 4 is 29.1 Å². The molecule has 3 rings (SSSR count). The minimum atomic E-state index is -1.12. The molecule has 1 amide bonds. The molecule has 2 atom stereocenters. The van der Waals surface area contributed by atoms with E-state index in [0.717, 1.165) is 12.8 Å². The standard InChI is InChI=1S/C14H12ClNO3/c15-9-5-3-7(4-6-9)11-13(18)10(14(19)16-11)12(17)8-1-2-8/h3-6,8,10-11H,1-2H2,(H,16,19). The second-order valence-corrected chi connectivity index (χ2v) is 5.44. The fourth-order valence-corrected chi connectivity index (χ4v) is 2.49.